The molecule has 0 spiro atoms. The van der Waals surface area contributed by atoms with E-state index in [0.29, 0.717) is 19.5 Å². The molecule has 0 unspecified atom stereocenters. The second-order valence-electron chi connectivity index (χ2n) is 6.52. The van der Waals surface area contributed by atoms with E-state index in [-0.39, 0.29) is 5.91 Å². The Balaban J connectivity index is 2.21. The van der Waals surface area contributed by atoms with Crippen LogP contribution < -0.4 is 10.9 Å². The first-order valence-electron chi connectivity index (χ1n) is 9.15. The van der Waals surface area contributed by atoms with Crippen LogP contribution in [0.15, 0.2) is 60.9 Å². The monoisotopic (exact) mass is 367 g/mol. The summed E-state index contributed by atoms with van der Waals surface area (Å²) in [6.45, 7) is 4.25. The average Bonchev–Trinajstić information content (AvgIpc) is 2.69. The van der Waals surface area contributed by atoms with Crippen molar-refractivity contribution in [1.29, 1.82) is 0 Å². The van der Waals surface area contributed by atoms with Gasteiger partial charge in [-0.25, -0.2) is 5.84 Å². The fourth-order valence-corrected chi connectivity index (χ4v) is 2.69. The molecule has 0 bridgehead atoms. The summed E-state index contributed by atoms with van der Waals surface area (Å²) in [5, 5.41) is 1.58. The molecular weight excluding hydrogens is 338 g/mol. The Morgan fingerprint density at radius 3 is 2.44 bits per heavy atom. The number of nitrogens with zero attached hydrogens (tertiary/aromatic N) is 4. The van der Waals surface area contributed by atoms with E-state index in [1.165, 1.54) is 0 Å². The summed E-state index contributed by atoms with van der Waals surface area (Å²) in [7, 11) is 4.01. The van der Waals surface area contributed by atoms with E-state index in [0.717, 1.165) is 23.5 Å². The van der Waals surface area contributed by atoms with Crippen LogP contribution in [0.25, 0.3) is 5.70 Å². The first-order valence-corrected chi connectivity index (χ1v) is 9.15. The van der Waals surface area contributed by atoms with Gasteiger partial charge < -0.3 is 9.80 Å². The lowest BCUT2D eigenvalue weighted by Crippen LogP contribution is -2.36. The molecule has 6 heteroatoms. The summed E-state index contributed by atoms with van der Waals surface area (Å²) < 4.78 is 0. The van der Waals surface area contributed by atoms with Crippen LogP contribution in [-0.2, 0) is 4.79 Å². The van der Waals surface area contributed by atoms with E-state index in [9.17, 15) is 4.79 Å². The second-order valence-corrected chi connectivity index (χ2v) is 6.52. The maximum absolute atomic E-state index is 12.7. The first-order chi connectivity index (χ1) is 13.0. The number of carbonyl (C=O) groups excluding carboxylic acids is 1. The number of amides is 1. The largest absolute Gasteiger partial charge is 0.341 e. The van der Waals surface area contributed by atoms with Crippen LogP contribution in [0.3, 0.4) is 0 Å². The summed E-state index contributed by atoms with van der Waals surface area (Å²) >= 11 is 0. The van der Waals surface area contributed by atoms with Crippen LogP contribution in [0, 0.1) is 0 Å². The highest BCUT2D eigenvalue weighted by Crippen LogP contribution is 2.23. The number of hydrogen-bond donors (Lipinski definition) is 1. The van der Waals surface area contributed by atoms with Gasteiger partial charge in [0.15, 0.2) is 0 Å². The Bertz CT molecular complexity index is 731. The van der Waals surface area contributed by atoms with Gasteiger partial charge in [0.25, 0.3) is 0 Å². The number of pyridine rings is 1. The molecule has 0 aliphatic carbocycles. The van der Waals surface area contributed by atoms with Gasteiger partial charge in [-0.05, 0) is 44.8 Å². The molecule has 1 aromatic heterocycles. The number of nitrogens with two attached hydrogens (primary N) is 1. The van der Waals surface area contributed by atoms with Crippen LogP contribution in [0.4, 0.5) is 5.69 Å². The van der Waals surface area contributed by atoms with Crippen LogP contribution in [0.1, 0.15) is 18.9 Å². The van der Waals surface area contributed by atoms with Crippen LogP contribution in [0.2, 0.25) is 0 Å². The summed E-state index contributed by atoms with van der Waals surface area (Å²) in [5.74, 6) is 6.45. The van der Waals surface area contributed by atoms with E-state index in [1.807, 2.05) is 74.5 Å². The molecule has 0 fully saturated rings. The summed E-state index contributed by atoms with van der Waals surface area (Å²) in [4.78, 5) is 20.7. The quantitative estimate of drug-likeness (QED) is 0.545. The minimum Gasteiger partial charge on any atom is -0.341 e. The summed E-state index contributed by atoms with van der Waals surface area (Å²) in [6, 6.07) is 13.6. The Morgan fingerprint density at radius 1 is 1.11 bits per heavy atom. The van der Waals surface area contributed by atoms with Gasteiger partial charge in [-0.15, -0.1) is 0 Å². The maximum atomic E-state index is 12.7. The third-order valence-corrected chi connectivity index (χ3v) is 4.27. The van der Waals surface area contributed by atoms with Crippen molar-refractivity contribution in [2.24, 2.45) is 5.84 Å². The lowest BCUT2D eigenvalue weighted by molar-refractivity contribution is -0.130. The smallest absolute Gasteiger partial charge is 0.226 e. The molecule has 1 heterocycles. The Hall–Kier alpha value is -2.70. The van der Waals surface area contributed by atoms with Crippen molar-refractivity contribution in [3.05, 3.63) is 66.5 Å². The zero-order valence-corrected chi connectivity index (χ0v) is 16.4. The van der Waals surface area contributed by atoms with Gasteiger partial charge in [0.1, 0.15) is 0 Å². The van der Waals surface area contributed by atoms with E-state index < -0.39 is 0 Å². The summed E-state index contributed by atoms with van der Waals surface area (Å²) in [5.41, 5.74) is 2.49. The van der Waals surface area contributed by atoms with E-state index in [4.69, 9.17) is 5.84 Å². The molecular formula is C21H29N5O. The minimum atomic E-state index is 0.0902. The molecule has 0 atom stereocenters. The Labute approximate surface area is 161 Å². The van der Waals surface area contributed by atoms with E-state index in [2.05, 4.69) is 9.88 Å². The number of carbonyl (C=O) groups is 1. The molecule has 0 radical (unpaired) electrons. The van der Waals surface area contributed by atoms with E-state index in [1.54, 1.807) is 17.4 Å². The molecule has 2 rings (SSSR count). The van der Waals surface area contributed by atoms with Crippen molar-refractivity contribution in [2.45, 2.75) is 13.3 Å². The molecule has 2 aromatic rings. The topological polar surface area (TPSA) is 65.7 Å². The molecule has 27 heavy (non-hydrogen) atoms. The maximum Gasteiger partial charge on any atom is 0.226 e. The van der Waals surface area contributed by atoms with Crippen molar-refractivity contribution in [3.8, 4) is 0 Å². The molecule has 2 N–H and O–H groups in total. The number of hydrazine groups is 1. The number of aromatic nitrogens is 1. The number of benzene rings is 1. The molecule has 144 valence electrons. The van der Waals surface area contributed by atoms with Crippen molar-refractivity contribution in [3.63, 3.8) is 0 Å². The molecule has 1 aromatic carbocycles. The number of likely N-dealkylation sites (N-methyl/N-ethyl adjacent to an activating group) is 2. The van der Waals surface area contributed by atoms with Crippen molar-refractivity contribution in [2.75, 3.05) is 38.7 Å². The Morgan fingerprint density at radius 2 is 1.85 bits per heavy atom. The number of anilines is 1. The molecule has 0 aliphatic heterocycles. The second kappa shape index (κ2) is 10.4. The zero-order chi connectivity index (χ0) is 19.6. The van der Waals surface area contributed by atoms with Crippen molar-refractivity contribution >= 4 is 17.3 Å². The third-order valence-electron chi connectivity index (χ3n) is 4.27. The Kier molecular flexibility index (Phi) is 7.98. The molecule has 0 saturated heterocycles. The first kappa shape index (κ1) is 20.6. The number of rotatable bonds is 9. The summed E-state index contributed by atoms with van der Waals surface area (Å²) in [6.07, 6.45) is 5.59. The highest BCUT2D eigenvalue weighted by molar-refractivity contribution is 5.83. The van der Waals surface area contributed by atoms with E-state index >= 15 is 0 Å². The van der Waals surface area contributed by atoms with Gasteiger partial charge in [0, 0.05) is 32.3 Å². The molecule has 1 amide bonds. The lowest BCUT2D eigenvalue weighted by atomic mass is 10.1. The zero-order valence-electron chi connectivity index (χ0n) is 16.4. The lowest BCUT2D eigenvalue weighted by Gasteiger charge is -2.24. The number of hydrogen-bond acceptors (Lipinski definition) is 5. The van der Waals surface area contributed by atoms with Crippen molar-refractivity contribution in [1.82, 2.24) is 14.8 Å². The predicted molar refractivity (Wildman–Crippen MR) is 111 cm³/mol. The third kappa shape index (κ3) is 6.20. The minimum absolute atomic E-state index is 0.0902. The normalized spacial score (nSPS) is 11.5. The van der Waals surface area contributed by atoms with Crippen molar-refractivity contribution < 1.29 is 4.79 Å². The van der Waals surface area contributed by atoms with Gasteiger partial charge in [-0.3, -0.25) is 14.8 Å². The highest BCUT2D eigenvalue weighted by Gasteiger charge is 2.14. The SMILES string of the molecule is CCN(CCN(C)C)C(=O)C/C=C(/c1ccccc1)N(N)c1cccnc1. The van der Waals surface area contributed by atoms with Gasteiger partial charge in [-0.2, -0.15) is 0 Å². The molecule has 0 aliphatic rings. The molecule has 6 nitrogen and oxygen atoms in total. The van der Waals surface area contributed by atoms with Gasteiger partial charge >= 0.3 is 0 Å². The van der Waals surface area contributed by atoms with Gasteiger partial charge in [-0.1, -0.05) is 30.3 Å². The van der Waals surface area contributed by atoms with Crippen LogP contribution in [0.5, 0.6) is 0 Å². The fourth-order valence-electron chi connectivity index (χ4n) is 2.69. The predicted octanol–water partition coefficient (Wildman–Crippen LogP) is 2.60. The van der Waals surface area contributed by atoms with Gasteiger partial charge in [0.2, 0.25) is 5.91 Å². The highest BCUT2D eigenvalue weighted by atomic mass is 16.2. The van der Waals surface area contributed by atoms with Gasteiger partial charge in [0.05, 0.1) is 17.6 Å². The fraction of sp³-hybridized carbons (Fsp3) is 0.333. The van der Waals surface area contributed by atoms with Crippen LogP contribution >= 0.6 is 0 Å². The average molecular weight is 367 g/mol. The standard InChI is InChI=1S/C21H29N5O/c1-4-25(16-15-24(2)3)21(27)13-12-20(18-9-6-5-7-10-18)26(22)19-11-8-14-23-17-19/h5-12,14,17H,4,13,15-16,22H2,1-3H3/b20-12-. The molecule has 0 saturated carbocycles. The van der Waals surface area contributed by atoms with Crippen LogP contribution in [-0.4, -0.2) is 54.4 Å².